The number of primary amides is 1. The van der Waals surface area contributed by atoms with E-state index >= 15 is 0 Å². The molecule has 3 aromatic rings. The monoisotopic (exact) mass is 476 g/mol. The molecular weight excluding hydrogens is 448 g/mol. The highest BCUT2D eigenvalue weighted by Gasteiger charge is 2.40. The zero-order valence-electron chi connectivity index (χ0n) is 19.4. The molecule has 0 spiro atoms. The number of likely N-dealkylation sites (tertiary alicyclic amines) is 1. The van der Waals surface area contributed by atoms with Crippen molar-refractivity contribution in [1.82, 2.24) is 15.4 Å². The second kappa shape index (κ2) is 10.5. The zero-order chi connectivity index (χ0) is 24.9. The summed E-state index contributed by atoms with van der Waals surface area (Å²) in [7, 11) is 0. The number of aliphatic hydroxyl groups is 1. The molecule has 1 fully saturated rings. The predicted octanol–water partition coefficient (Wildman–Crippen LogP) is 1.37. The van der Waals surface area contributed by atoms with Gasteiger partial charge in [-0.3, -0.25) is 14.4 Å². The van der Waals surface area contributed by atoms with Crippen LogP contribution in [0.5, 0.6) is 0 Å². The fourth-order valence-corrected chi connectivity index (χ4v) is 4.28. The lowest BCUT2D eigenvalue weighted by atomic mass is 10.00. The molecule has 0 aliphatic carbocycles. The molecule has 4 N–H and O–H groups in total. The second-order valence-corrected chi connectivity index (χ2v) is 8.79. The lowest BCUT2D eigenvalue weighted by molar-refractivity contribution is -0.139. The van der Waals surface area contributed by atoms with E-state index in [9.17, 15) is 19.5 Å². The number of nitrogens with zero attached hydrogens (tertiary/aromatic N) is 2. The van der Waals surface area contributed by atoms with E-state index in [-0.39, 0.29) is 31.7 Å². The van der Waals surface area contributed by atoms with Crippen molar-refractivity contribution in [1.29, 1.82) is 0 Å². The molecular formula is C26H28N4O5. The molecule has 1 aromatic heterocycles. The maximum Gasteiger partial charge on any atom is 0.243 e. The van der Waals surface area contributed by atoms with Crippen LogP contribution in [0.3, 0.4) is 0 Å². The summed E-state index contributed by atoms with van der Waals surface area (Å²) in [4.78, 5) is 39.3. The molecule has 3 amide bonds. The SMILES string of the molecule is Cc1cc(CC(=O)N2C[C@H](O)C[C@H]2C(=O)N[C@H](Cc2ccc(-c3ccccc3)cc2)C(N)=O)on1. The molecule has 35 heavy (non-hydrogen) atoms. The lowest BCUT2D eigenvalue weighted by Gasteiger charge is -2.25. The zero-order valence-corrected chi connectivity index (χ0v) is 19.4. The first-order chi connectivity index (χ1) is 16.8. The quantitative estimate of drug-likeness (QED) is 0.449. The second-order valence-electron chi connectivity index (χ2n) is 8.79. The van der Waals surface area contributed by atoms with Crippen molar-refractivity contribution >= 4 is 17.7 Å². The molecule has 0 radical (unpaired) electrons. The first-order valence-corrected chi connectivity index (χ1v) is 11.4. The van der Waals surface area contributed by atoms with Crippen LogP contribution in [0.1, 0.15) is 23.4 Å². The molecule has 182 valence electrons. The number of aryl methyl sites for hydroxylation is 1. The van der Waals surface area contributed by atoms with Crippen LogP contribution in [0.15, 0.2) is 65.2 Å². The summed E-state index contributed by atoms with van der Waals surface area (Å²) in [6.45, 7) is 1.76. The number of nitrogens with one attached hydrogen (secondary N) is 1. The number of rotatable bonds is 8. The Labute approximate surface area is 202 Å². The van der Waals surface area contributed by atoms with Gasteiger partial charge >= 0.3 is 0 Å². The number of β-amino-alcohol motifs (C(OH)–C–C–N with tert-alkyl or cyclic N) is 1. The average molecular weight is 477 g/mol. The summed E-state index contributed by atoms with van der Waals surface area (Å²) < 4.78 is 5.09. The van der Waals surface area contributed by atoms with E-state index in [2.05, 4.69) is 10.5 Å². The van der Waals surface area contributed by atoms with Crippen molar-refractivity contribution in [3.8, 4) is 11.1 Å². The maximum atomic E-state index is 13.0. The van der Waals surface area contributed by atoms with Gasteiger partial charge in [0.05, 0.1) is 18.2 Å². The molecule has 1 aliphatic heterocycles. The standard InChI is InChI=1S/C26H28N4O5/c1-16-11-21(35-29-16)14-24(32)30-15-20(31)13-23(30)26(34)28-22(25(27)33)12-17-7-9-19(10-8-17)18-5-3-2-4-6-18/h2-11,20,22-23,31H,12-15H2,1H3,(H2,27,33)(H,28,34)/t20-,22-,23+/m1/s1. The minimum absolute atomic E-state index is 0.0201. The number of carbonyl (C=O) groups is 3. The summed E-state index contributed by atoms with van der Waals surface area (Å²) in [5, 5.41) is 16.6. The Morgan fingerprint density at radius 1 is 1.14 bits per heavy atom. The number of benzene rings is 2. The Bertz CT molecular complexity index is 1190. The molecule has 0 saturated carbocycles. The van der Waals surface area contributed by atoms with Gasteiger partial charge in [-0.1, -0.05) is 59.8 Å². The highest BCUT2D eigenvalue weighted by Crippen LogP contribution is 2.22. The highest BCUT2D eigenvalue weighted by molar-refractivity contribution is 5.92. The van der Waals surface area contributed by atoms with Gasteiger partial charge in [-0.15, -0.1) is 0 Å². The number of hydrogen-bond acceptors (Lipinski definition) is 6. The maximum absolute atomic E-state index is 13.0. The summed E-state index contributed by atoms with van der Waals surface area (Å²) in [5.74, 6) is -1.21. The van der Waals surface area contributed by atoms with Gasteiger partial charge in [-0.2, -0.15) is 0 Å². The third kappa shape index (κ3) is 5.93. The molecule has 1 aliphatic rings. The molecule has 0 bridgehead atoms. The minimum Gasteiger partial charge on any atom is -0.391 e. The van der Waals surface area contributed by atoms with Crippen molar-refractivity contribution < 1.29 is 24.0 Å². The van der Waals surface area contributed by atoms with Gasteiger partial charge in [-0.25, -0.2) is 0 Å². The summed E-state index contributed by atoms with van der Waals surface area (Å²) in [6, 6.07) is 17.3. The molecule has 1 saturated heterocycles. The fraction of sp³-hybridized carbons (Fsp3) is 0.308. The topological polar surface area (TPSA) is 139 Å². The first-order valence-electron chi connectivity index (χ1n) is 11.4. The number of amides is 3. The smallest absolute Gasteiger partial charge is 0.243 e. The van der Waals surface area contributed by atoms with Crippen molar-refractivity contribution in [2.75, 3.05) is 6.54 Å². The Balaban J connectivity index is 1.41. The van der Waals surface area contributed by atoms with Crippen LogP contribution in [0, 0.1) is 6.92 Å². The number of nitrogens with two attached hydrogens (primary N) is 1. The number of aromatic nitrogens is 1. The number of hydrogen-bond donors (Lipinski definition) is 3. The average Bonchev–Trinajstić information content (AvgIpc) is 3.44. The molecule has 9 nitrogen and oxygen atoms in total. The van der Waals surface area contributed by atoms with Crippen LogP contribution < -0.4 is 11.1 Å². The van der Waals surface area contributed by atoms with Gasteiger partial charge in [0.2, 0.25) is 17.7 Å². The summed E-state index contributed by atoms with van der Waals surface area (Å²) in [5.41, 5.74) is 9.15. The van der Waals surface area contributed by atoms with Crippen molar-refractivity contribution in [3.05, 3.63) is 77.7 Å². The predicted molar refractivity (Wildman–Crippen MR) is 128 cm³/mol. The van der Waals surface area contributed by atoms with Crippen LogP contribution >= 0.6 is 0 Å². The van der Waals surface area contributed by atoms with E-state index in [4.69, 9.17) is 10.3 Å². The highest BCUT2D eigenvalue weighted by atomic mass is 16.5. The molecule has 2 heterocycles. The third-order valence-corrected chi connectivity index (χ3v) is 6.07. The minimum atomic E-state index is -0.961. The van der Waals surface area contributed by atoms with Crippen LogP contribution in [0.25, 0.3) is 11.1 Å². The van der Waals surface area contributed by atoms with Crippen molar-refractivity contribution in [3.63, 3.8) is 0 Å². The van der Waals surface area contributed by atoms with Crippen LogP contribution in [0.2, 0.25) is 0 Å². The summed E-state index contributed by atoms with van der Waals surface area (Å²) >= 11 is 0. The Kier molecular flexibility index (Phi) is 7.26. The van der Waals surface area contributed by atoms with E-state index in [1.54, 1.807) is 13.0 Å². The summed E-state index contributed by atoms with van der Waals surface area (Å²) in [6.07, 6.45) is -0.644. The van der Waals surface area contributed by atoms with Crippen LogP contribution in [0.4, 0.5) is 0 Å². The Morgan fingerprint density at radius 2 is 1.83 bits per heavy atom. The molecule has 4 rings (SSSR count). The van der Waals surface area contributed by atoms with Crippen molar-refractivity contribution in [2.45, 2.75) is 44.4 Å². The van der Waals surface area contributed by atoms with Gasteiger partial charge in [0.1, 0.15) is 17.8 Å². The molecule has 3 atom stereocenters. The molecule has 2 aromatic carbocycles. The van der Waals surface area contributed by atoms with Gasteiger partial charge in [0.15, 0.2) is 0 Å². The first kappa shape index (κ1) is 24.2. The van der Waals surface area contributed by atoms with Gasteiger partial charge in [0.25, 0.3) is 0 Å². The van der Waals surface area contributed by atoms with Gasteiger partial charge in [-0.05, 0) is 23.6 Å². The third-order valence-electron chi connectivity index (χ3n) is 6.07. The normalized spacial score (nSPS) is 18.3. The number of aliphatic hydroxyl groups excluding tert-OH is 1. The van der Waals surface area contributed by atoms with E-state index in [0.717, 1.165) is 16.7 Å². The Morgan fingerprint density at radius 3 is 2.46 bits per heavy atom. The largest absolute Gasteiger partial charge is 0.391 e. The van der Waals surface area contributed by atoms with E-state index in [1.165, 1.54) is 4.90 Å². The lowest BCUT2D eigenvalue weighted by Crippen LogP contribution is -2.53. The molecule has 0 unspecified atom stereocenters. The van der Waals surface area contributed by atoms with E-state index < -0.39 is 30.0 Å². The van der Waals surface area contributed by atoms with Gasteiger partial charge in [0, 0.05) is 25.5 Å². The van der Waals surface area contributed by atoms with Gasteiger partial charge < -0.3 is 25.6 Å². The van der Waals surface area contributed by atoms with Crippen molar-refractivity contribution in [2.24, 2.45) is 5.73 Å². The Hall–Kier alpha value is -3.98. The van der Waals surface area contributed by atoms with E-state index in [1.807, 2.05) is 54.6 Å². The van der Waals surface area contributed by atoms with E-state index in [0.29, 0.717) is 11.5 Å². The molecule has 9 heteroatoms. The van der Waals surface area contributed by atoms with Crippen LogP contribution in [-0.4, -0.2) is 57.6 Å². The van der Waals surface area contributed by atoms with Crippen LogP contribution in [-0.2, 0) is 27.2 Å². The fourth-order valence-electron chi connectivity index (χ4n) is 4.28. The number of carbonyl (C=O) groups excluding carboxylic acids is 3.